The lowest BCUT2D eigenvalue weighted by atomic mass is 10.4. The fraction of sp³-hybridized carbons (Fsp3) is 0.200. The third-order valence-electron chi connectivity index (χ3n) is 1.27. The highest BCUT2D eigenvalue weighted by atomic mass is 16.6. The number of alkyl carbamates (subject to hydrolysis) is 2. The van der Waals surface area contributed by atoms with Crippen LogP contribution in [0.2, 0.25) is 0 Å². The van der Waals surface area contributed by atoms with Gasteiger partial charge in [0.15, 0.2) is 0 Å². The van der Waals surface area contributed by atoms with Crippen LogP contribution >= 0.6 is 0 Å². The smallest absolute Gasteiger partial charge is 0.372 e. The van der Waals surface area contributed by atoms with E-state index in [1.807, 2.05) is 0 Å². The van der Waals surface area contributed by atoms with Crippen LogP contribution in [0, 0.1) is 0 Å². The van der Waals surface area contributed by atoms with Crippen LogP contribution in [-0.4, -0.2) is 24.1 Å². The monoisotopic (exact) mass is 241 g/mol. The van der Waals surface area contributed by atoms with Crippen LogP contribution in [0.5, 0.6) is 0 Å². The molecular weight excluding hydrogens is 230 g/mol. The average molecular weight is 241 g/mol. The average Bonchev–Trinajstić information content (AvgIpc) is 2.16. The lowest BCUT2D eigenvalue weighted by Crippen LogP contribution is -2.34. The molecule has 0 aromatic rings. The van der Waals surface area contributed by atoms with Crippen LogP contribution in [-0.2, 0) is 19.1 Å². The van der Waals surface area contributed by atoms with Gasteiger partial charge < -0.3 is 9.47 Å². The van der Waals surface area contributed by atoms with Crippen LogP contribution in [0.15, 0.2) is 24.3 Å². The van der Waals surface area contributed by atoms with E-state index in [1.165, 1.54) is 19.2 Å². The van der Waals surface area contributed by atoms with E-state index in [4.69, 9.17) is 0 Å². The second-order valence-corrected chi connectivity index (χ2v) is 3.04. The molecule has 17 heavy (non-hydrogen) atoms. The highest BCUT2D eigenvalue weighted by Gasteiger charge is 2.17. The van der Waals surface area contributed by atoms with Crippen LogP contribution in [0.1, 0.15) is 13.8 Å². The number of ether oxygens (including phenoxy) is 2. The molecule has 1 N–H and O–H groups in total. The molecule has 0 saturated heterocycles. The predicted octanol–water partition coefficient (Wildman–Crippen LogP) is 1.05. The first kappa shape index (κ1) is 14.6. The molecule has 0 heterocycles. The van der Waals surface area contributed by atoms with Gasteiger partial charge in [0, 0.05) is 11.1 Å². The molecule has 0 unspecified atom stereocenters. The van der Waals surface area contributed by atoms with Gasteiger partial charge in [0.2, 0.25) is 0 Å². The summed E-state index contributed by atoms with van der Waals surface area (Å²) < 4.78 is 8.20. The van der Waals surface area contributed by atoms with Crippen LogP contribution in [0.25, 0.3) is 0 Å². The highest BCUT2D eigenvalue weighted by Crippen LogP contribution is 1.95. The summed E-state index contributed by atoms with van der Waals surface area (Å²) in [5.74, 6) is -2.00. The van der Waals surface area contributed by atoms with Crippen molar-refractivity contribution in [2.24, 2.45) is 0 Å². The lowest BCUT2D eigenvalue weighted by molar-refractivity contribution is -0.132. The SMILES string of the molecule is C=C(C)C(=O)OC(=O)NC(=O)OC(=O)C(=C)C. The summed E-state index contributed by atoms with van der Waals surface area (Å²) in [6.45, 7) is 9.08. The standard InChI is InChI=1S/C10H11NO6/c1-5(2)7(12)16-9(14)11-10(15)17-8(13)6(3)4/h1,3H2,2,4H3,(H,11,14,15). The number of amides is 2. The minimum Gasteiger partial charge on any atom is -0.372 e. The Morgan fingerprint density at radius 1 is 0.824 bits per heavy atom. The summed E-state index contributed by atoms with van der Waals surface area (Å²) in [6, 6.07) is 0. The number of carbonyl (C=O) groups is 4. The Morgan fingerprint density at radius 3 is 1.35 bits per heavy atom. The van der Waals surface area contributed by atoms with Gasteiger partial charge in [0.1, 0.15) is 0 Å². The Morgan fingerprint density at radius 2 is 1.12 bits per heavy atom. The molecule has 0 bridgehead atoms. The van der Waals surface area contributed by atoms with Gasteiger partial charge in [-0.25, -0.2) is 24.5 Å². The third-order valence-corrected chi connectivity index (χ3v) is 1.27. The molecule has 0 fully saturated rings. The van der Waals surface area contributed by atoms with Crippen molar-refractivity contribution >= 4 is 24.1 Å². The quantitative estimate of drug-likeness (QED) is 0.440. The van der Waals surface area contributed by atoms with Gasteiger partial charge >= 0.3 is 24.1 Å². The molecule has 2 amide bonds. The topological polar surface area (TPSA) is 98.8 Å². The van der Waals surface area contributed by atoms with Crippen molar-refractivity contribution < 1.29 is 28.7 Å². The number of esters is 2. The van der Waals surface area contributed by atoms with Crippen molar-refractivity contribution in [2.45, 2.75) is 13.8 Å². The molecule has 0 spiro atoms. The first-order valence-corrected chi connectivity index (χ1v) is 4.34. The van der Waals surface area contributed by atoms with Gasteiger partial charge in [-0.1, -0.05) is 13.2 Å². The van der Waals surface area contributed by atoms with Crippen molar-refractivity contribution in [2.75, 3.05) is 0 Å². The number of hydrogen-bond acceptors (Lipinski definition) is 6. The van der Waals surface area contributed by atoms with E-state index < -0.39 is 24.1 Å². The fourth-order valence-electron chi connectivity index (χ4n) is 0.477. The Balaban J connectivity index is 4.18. The second-order valence-electron chi connectivity index (χ2n) is 3.04. The molecule has 0 aromatic heterocycles. The van der Waals surface area contributed by atoms with E-state index in [-0.39, 0.29) is 11.1 Å². The maximum atomic E-state index is 10.9. The normalized spacial score (nSPS) is 8.82. The van der Waals surface area contributed by atoms with Gasteiger partial charge in [-0.15, -0.1) is 0 Å². The van der Waals surface area contributed by atoms with Crippen molar-refractivity contribution in [1.82, 2.24) is 5.32 Å². The fourth-order valence-corrected chi connectivity index (χ4v) is 0.477. The molecule has 0 aromatic carbocycles. The van der Waals surface area contributed by atoms with Crippen LogP contribution in [0.3, 0.4) is 0 Å². The van der Waals surface area contributed by atoms with Gasteiger partial charge in [0.25, 0.3) is 0 Å². The molecule has 0 aliphatic carbocycles. The predicted molar refractivity (Wildman–Crippen MR) is 55.7 cm³/mol. The van der Waals surface area contributed by atoms with Crippen molar-refractivity contribution in [3.8, 4) is 0 Å². The van der Waals surface area contributed by atoms with Crippen molar-refractivity contribution in [1.29, 1.82) is 0 Å². The number of carbonyl (C=O) groups excluding carboxylic acids is 4. The van der Waals surface area contributed by atoms with Gasteiger partial charge in [0.05, 0.1) is 0 Å². The molecular formula is C10H11NO6. The molecule has 0 radical (unpaired) electrons. The summed E-state index contributed by atoms with van der Waals surface area (Å²) in [4.78, 5) is 43.5. The van der Waals surface area contributed by atoms with E-state index >= 15 is 0 Å². The summed E-state index contributed by atoms with van der Waals surface area (Å²) in [5, 5.41) is 1.51. The Hall–Kier alpha value is -2.44. The molecule has 0 saturated carbocycles. The third kappa shape index (κ3) is 5.88. The molecule has 0 aliphatic rings. The first-order chi connectivity index (χ1) is 7.73. The number of imide groups is 1. The zero-order valence-corrected chi connectivity index (χ0v) is 9.36. The zero-order chi connectivity index (χ0) is 13.6. The van der Waals surface area contributed by atoms with E-state index in [0.717, 1.165) is 0 Å². The lowest BCUT2D eigenvalue weighted by Gasteiger charge is -2.04. The molecule has 7 nitrogen and oxygen atoms in total. The molecule has 7 heteroatoms. The Bertz CT molecular complexity index is 371. The maximum absolute atomic E-state index is 10.9. The first-order valence-electron chi connectivity index (χ1n) is 4.34. The van der Waals surface area contributed by atoms with E-state index in [1.54, 1.807) is 0 Å². The number of hydrogen-bond donors (Lipinski definition) is 1. The van der Waals surface area contributed by atoms with Gasteiger partial charge in [-0.3, -0.25) is 0 Å². The Labute approximate surface area is 97.1 Å². The second kappa shape index (κ2) is 6.21. The molecule has 0 atom stereocenters. The Kier molecular flexibility index (Phi) is 5.32. The maximum Gasteiger partial charge on any atom is 0.424 e. The minimum absolute atomic E-state index is 0.0217. The number of nitrogens with one attached hydrogen (secondary N) is 1. The molecule has 0 rings (SSSR count). The largest absolute Gasteiger partial charge is 0.424 e. The van der Waals surface area contributed by atoms with Crippen molar-refractivity contribution in [3.05, 3.63) is 24.3 Å². The highest BCUT2D eigenvalue weighted by molar-refractivity contribution is 6.02. The van der Waals surface area contributed by atoms with Gasteiger partial charge in [-0.05, 0) is 13.8 Å². The van der Waals surface area contributed by atoms with Crippen LogP contribution in [0.4, 0.5) is 9.59 Å². The minimum atomic E-state index is -1.36. The zero-order valence-electron chi connectivity index (χ0n) is 9.36. The van der Waals surface area contributed by atoms with E-state index in [9.17, 15) is 19.2 Å². The summed E-state index contributed by atoms with van der Waals surface area (Å²) in [7, 11) is 0. The summed E-state index contributed by atoms with van der Waals surface area (Å²) >= 11 is 0. The van der Waals surface area contributed by atoms with Crippen LogP contribution < -0.4 is 5.32 Å². The summed E-state index contributed by atoms with van der Waals surface area (Å²) in [5.41, 5.74) is -0.0435. The van der Waals surface area contributed by atoms with E-state index in [0.29, 0.717) is 0 Å². The number of rotatable bonds is 2. The molecule has 0 aliphatic heterocycles. The summed E-state index contributed by atoms with van der Waals surface area (Å²) in [6.07, 6.45) is -2.73. The van der Waals surface area contributed by atoms with E-state index in [2.05, 4.69) is 22.6 Å². The van der Waals surface area contributed by atoms with Crippen molar-refractivity contribution in [3.63, 3.8) is 0 Å². The molecule has 92 valence electrons. The van der Waals surface area contributed by atoms with Gasteiger partial charge in [-0.2, -0.15) is 0 Å².